The van der Waals surface area contributed by atoms with E-state index in [0.717, 1.165) is 49.1 Å². The van der Waals surface area contributed by atoms with E-state index in [1.165, 1.54) is 6.07 Å². The number of halogens is 2. The van der Waals surface area contributed by atoms with Crippen molar-refractivity contribution in [2.24, 2.45) is 17.8 Å². The Morgan fingerprint density at radius 2 is 2.05 bits per heavy atom. The number of likely N-dealkylation sites (tertiary alicyclic amines) is 1. The fourth-order valence-electron chi connectivity index (χ4n) is 3.93. The molecule has 3 nitrogen and oxygen atoms in total. The predicted molar refractivity (Wildman–Crippen MR) is 89.0 cm³/mol. The summed E-state index contributed by atoms with van der Waals surface area (Å²) in [6, 6.07) is 5.31. The lowest BCUT2D eigenvalue weighted by molar-refractivity contribution is 0.107. The molecular formula is C17H24BrFN2O. The van der Waals surface area contributed by atoms with Gasteiger partial charge in [0.2, 0.25) is 0 Å². The molecule has 2 heterocycles. The van der Waals surface area contributed by atoms with Crippen molar-refractivity contribution in [3.63, 3.8) is 0 Å². The fourth-order valence-corrected chi connectivity index (χ4v) is 4.27. The van der Waals surface area contributed by atoms with E-state index in [1.54, 1.807) is 0 Å². The second-order valence-corrected chi connectivity index (χ2v) is 7.53. The summed E-state index contributed by atoms with van der Waals surface area (Å²) in [5.74, 6) is 1.59. The van der Waals surface area contributed by atoms with Gasteiger partial charge in [0.25, 0.3) is 0 Å². The molecule has 2 atom stereocenters. The second-order valence-electron chi connectivity index (χ2n) is 6.61. The van der Waals surface area contributed by atoms with Crippen LogP contribution in [0.1, 0.15) is 18.4 Å². The van der Waals surface area contributed by atoms with Crippen molar-refractivity contribution in [3.05, 3.63) is 34.1 Å². The molecule has 3 rings (SSSR count). The standard InChI is InChI=1S/C17H24BrFN2O/c18-15-2-1-13(17(19)7-15)10-21-5-3-12(4-6-21)16-9-20-8-14(16)11-22/h1-2,7,12,14,16,20,22H,3-6,8-11H2/t14-,16-/m0/s1. The maximum Gasteiger partial charge on any atom is 0.128 e. The first-order valence-electron chi connectivity index (χ1n) is 8.15. The Morgan fingerprint density at radius 1 is 1.27 bits per heavy atom. The molecule has 1 aromatic rings. The fraction of sp³-hybridized carbons (Fsp3) is 0.647. The normalized spacial score (nSPS) is 27.4. The molecule has 0 amide bonds. The summed E-state index contributed by atoms with van der Waals surface area (Å²) in [7, 11) is 0. The molecule has 22 heavy (non-hydrogen) atoms. The van der Waals surface area contributed by atoms with Gasteiger partial charge < -0.3 is 10.4 Å². The van der Waals surface area contributed by atoms with Crippen molar-refractivity contribution in [1.82, 2.24) is 10.2 Å². The molecule has 2 fully saturated rings. The van der Waals surface area contributed by atoms with Gasteiger partial charge in [-0.15, -0.1) is 0 Å². The highest BCUT2D eigenvalue weighted by Gasteiger charge is 2.34. The molecule has 2 aliphatic rings. The molecule has 0 spiro atoms. The Bertz CT molecular complexity index is 505. The number of hydrogen-bond acceptors (Lipinski definition) is 3. The first-order chi connectivity index (χ1) is 10.7. The van der Waals surface area contributed by atoms with Crippen LogP contribution in [0.15, 0.2) is 22.7 Å². The lowest BCUT2D eigenvalue weighted by Crippen LogP contribution is -2.38. The lowest BCUT2D eigenvalue weighted by atomic mass is 9.79. The zero-order chi connectivity index (χ0) is 15.5. The Labute approximate surface area is 140 Å². The topological polar surface area (TPSA) is 35.5 Å². The van der Waals surface area contributed by atoms with Crippen LogP contribution in [0.25, 0.3) is 0 Å². The van der Waals surface area contributed by atoms with Crippen LogP contribution in [0.4, 0.5) is 4.39 Å². The summed E-state index contributed by atoms with van der Waals surface area (Å²) in [5.41, 5.74) is 0.775. The van der Waals surface area contributed by atoms with Gasteiger partial charge in [-0.1, -0.05) is 22.0 Å². The van der Waals surface area contributed by atoms with Crippen LogP contribution in [0.3, 0.4) is 0 Å². The van der Waals surface area contributed by atoms with E-state index in [4.69, 9.17) is 0 Å². The molecule has 5 heteroatoms. The highest BCUT2D eigenvalue weighted by atomic mass is 79.9. The molecule has 0 aliphatic carbocycles. The lowest BCUT2D eigenvalue weighted by Gasteiger charge is -2.36. The number of piperidine rings is 1. The molecule has 122 valence electrons. The largest absolute Gasteiger partial charge is 0.396 e. The van der Waals surface area contributed by atoms with Crippen LogP contribution in [0.2, 0.25) is 0 Å². The van der Waals surface area contributed by atoms with Crippen molar-refractivity contribution < 1.29 is 9.50 Å². The SMILES string of the molecule is OC[C@@H]1CNC[C@H]1C1CCN(Cc2ccc(Br)cc2F)CC1. The van der Waals surface area contributed by atoms with Crippen LogP contribution >= 0.6 is 15.9 Å². The monoisotopic (exact) mass is 370 g/mol. The minimum Gasteiger partial charge on any atom is -0.396 e. The van der Waals surface area contributed by atoms with Crippen LogP contribution in [-0.4, -0.2) is 42.8 Å². The van der Waals surface area contributed by atoms with Gasteiger partial charge in [-0.25, -0.2) is 4.39 Å². The molecule has 1 aromatic carbocycles. The Morgan fingerprint density at radius 3 is 2.73 bits per heavy atom. The number of rotatable bonds is 4. The van der Waals surface area contributed by atoms with Gasteiger partial charge in [-0.2, -0.15) is 0 Å². The molecule has 2 aliphatic heterocycles. The highest BCUT2D eigenvalue weighted by molar-refractivity contribution is 9.10. The van der Waals surface area contributed by atoms with E-state index < -0.39 is 0 Å². The molecule has 2 N–H and O–H groups in total. The van der Waals surface area contributed by atoms with Crippen molar-refractivity contribution in [3.8, 4) is 0 Å². The number of hydrogen-bond donors (Lipinski definition) is 2. The zero-order valence-electron chi connectivity index (χ0n) is 12.8. The van der Waals surface area contributed by atoms with Crippen molar-refractivity contribution >= 4 is 15.9 Å². The number of nitrogens with one attached hydrogen (secondary N) is 1. The molecule has 0 unspecified atom stereocenters. The van der Waals surface area contributed by atoms with Crippen LogP contribution in [-0.2, 0) is 6.54 Å². The van der Waals surface area contributed by atoms with Crippen molar-refractivity contribution in [2.75, 3.05) is 32.8 Å². The average Bonchev–Trinajstić information content (AvgIpc) is 2.99. The Kier molecular flexibility index (Phi) is 5.50. The molecule has 0 bridgehead atoms. The molecule has 0 radical (unpaired) electrons. The summed E-state index contributed by atoms with van der Waals surface area (Å²) in [6.07, 6.45) is 2.31. The minimum atomic E-state index is -0.128. The third-order valence-corrected chi connectivity index (χ3v) is 5.77. The van der Waals surface area contributed by atoms with Gasteiger partial charge >= 0.3 is 0 Å². The van der Waals surface area contributed by atoms with Crippen LogP contribution in [0.5, 0.6) is 0 Å². The molecule has 2 saturated heterocycles. The quantitative estimate of drug-likeness (QED) is 0.854. The highest BCUT2D eigenvalue weighted by Crippen LogP contribution is 2.33. The Balaban J connectivity index is 1.53. The third-order valence-electron chi connectivity index (χ3n) is 5.27. The van der Waals surface area contributed by atoms with Crippen LogP contribution < -0.4 is 5.32 Å². The van der Waals surface area contributed by atoms with E-state index in [2.05, 4.69) is 26.1 Å². The first kappa shape index (κ1) is 16.4. The summed E-state index contributed by atoms with van der Waals surface area (Å²) < 4.78 is 14.7. The van der Waals surface area contributed by atoms with Gasteiger partial charge in [0.15, 0.2) is 0 Å². The number of nitrogens with zero attached hydrogens (tertiary/aromatic N) is 1. The number of benzene rings is 1. The third kappa shape index (κ3) is 3.70. The van der Waals surface area contributed by atoms with Gasteiger partial charge in [-0.3, -0.25) is 4.90 Å². The maximum atomic E-state index is 13.9. The Hall–Kier alpha value is -0.490. The second kappa shape index (κ2) is 7.39. The van der Waals surface area contributed by atoms with E-state index in [9.17, 15) is 9.50 Å². The smallest absolute Gasteiger partial charge is 0.128 e. The average molecular weight is 371 g/mol. The van der Waals surface area contributed by atoms with Gasteiger partial charge in [0, 0.05) is 29.7 Å². The van der Waals surface area contributed by atoms with Gasteiger partial charge in [0.1, 0.15) is 5.82 Å². The van der Waals surface area contributed by atoms with Gasteiger partial charge in [0.05, 0.1) is 0 Å². The molecular weight excluding hydrogens is 347 g/mol. The zero-order valence-corrected chi connectivity index (χ0v) is 14.4. The summed E-state index contributed by atoms with van der Waals surface area (Å²) in [4.78, 5) is 2.35. The molecule has 0 saturated carbocycles. The minimum absolute atomic E-state index is 0.128. The van der Waals surface area contributed by atoms with E-state index >= 15 is 0 Å². The predicted octanol–water partition coefficient (Wildman–Crippen LogP) is 2.63. The summed E-state index contributed by atoms with van der Waals surface area (Å²) in [6.45, 7) is 5.02. The van der Waals surface area contributed by atoms with E-state index in [-0.39, 0.29) is 5.82 Å². The van der Waals surface area contributed by atoms with Crippen molar-refractivity contribution in [2.45, 2.75) is 19.4 Å². The van der Waals surface area contributed by atoms with Crippen molar-refractivity contribution in [1.29, 1.82) is 0 Å². The first-order valence-corrected chi connectivity index (χ1v) is 8.94. The van der Waals surface area contributed by atoms with Crippen LogP contribution in [0, 0.1) is 23.6 Å². The number of aliphatic hydroxyl groups excluding tert-OH is 1. The maximum absolute atomic E-state index is 13.9. The van der Waals surface area contributed by atoms with Gasteiger partial charge in [-0.05, 0) is 62.4 Å². The molecule has 0 aromatic heterocycles. The van der Waals surface area contributed by atoms with E-state index in [0.29, 0.717) is 30.9 Å². The number of aliphatic hydroxyl groups is 1. The van der Waals surface area contributed by atoms with E-state index in [1.807, 2.05) is 12.1 Å². The summed E-state index contributed by atoms with van der Waals surface area (Å²) in [5, 5.41) is 12.9. The summed E-state index contributed by atoms with van der Waals surface area (Å²) >= 11 is 3.30.